The summed E-state index contributed by atoms with van der Waals surface area (Å²) in [5, 5.41) is 16.8. The highest BCUT2D eigenvalue weighted by Gasteiger charge is 2.21. The molecule has 0 heterocycles. The first-order valence-corrected chi connectivity index (χ1v) is 3.51. The van der Waals surface area contributed by atoms with E-state index < -0.39 is 37.2 Å². The van der Waals surface area contributed by atoms with E-state index in [1.165, 1.54) is 0 Å². The molecule has 7 heteroatoms. The maximum Gasteiger partial charge on any atom is 0.332 e. The Morgan fingerprint density at radius 3 is 1.62 bits per heavy atom. The van der Waals surface area contributed by atoms with Crippen molar-refractivity contribution in [3.05, 3.63) is 0 Å². The van der Waals surface area contributed by atoms with Crippen molar-refractivity contribution in [3.63, 3.8) is 0 Å². The van der Waals surface area contributed by atoms with Gasteiger partial charge in [-0.05, 0) is 0 Å². The number of ether oxygens (including phenoxy) is 1. The molecule has 76 valence electrons. The predicted octanol–water partition coefficient (Wildman–Crippen LogP) is -3.30. The number of nitrogens with two attached hydrogens (primary N) is 2. The molecule has 0 aliphatic rings. The average molecular weight is 192 g/mol. The third kappa shape index (κ3) is 3.95. The summed E-state index contributed by atoms with van der Waals surface area (Å²) in [4.78, 5) is 21.5. The van der Waals surface area contributed by atoms with Crippen LogP contribution in [0.2, 0.25) is 0 Å². The number of carbonyl (C=O) groups excluding carboxylic acids is 2. The summed E-state index contributed by atoms with van der Waals surface area (Å²) in [5.41, 5.74) is 10.1. The van der Waals surface area contributed by atoms with E-state index in [-0.39, 0.29) is 0 Å². The summed E-state index contributed by atoms with van der Waals surface area (Å²) in [6.07, 6.45) is 0. The fourth-order valence-electron chi connectivity index (χ4n) is 0.400. The van der Waals surface area contributed by atoms with E-state index in [4.69, 9.17) is 21.7 Å². The van der Waals surface area contributed by atoms with Crippen LogP contribution in [0.5, 0.6) is 0 Å². The van der Waals surface area contributed by atoms with Crippen molar-refractivity contribution >= 4 is 11.9 Å². The van der Waals surface area contributed by atoms with Crippen molar-refractivity contribution in [2.75, 3.05) is 13.2 Å². The Morgan fingerprint density at radius 2 is 1.38 bits per heavy atom. The number of carbonyl (C=O) groups is 2. The number of rotatable bonds is 4. The Bertz CT molecular complexity index is 175. The van der Waals surface area contributed by atoms with Crippen LogP contribution in [0.15, 0.2) is 0 Å². The highest BCUT2D eigenvalue weighted by molar-refractivity contribution is 5.90. The number of hydrogen-bond donors (Lipinski definition) is 4. The van der Waals surface area contributed by atoms with Gasteiger partial charge in [0.2, 0.25) is 0 Å². The van der Waals surface area contributed by atoms with Crippen LogP contribution in [0.3, 0.4) is 0 Å². The van der Waals surface area contributed by atoms with Gasteiger partial charge in [-0.3, -0.25) is 0 Å². The van der Waals surface area contributed by atoms with E-state index in [1.807, 2.05) is 0 Å². The van der Waals surface area contributed by atoms with Gasteiger partial charge in [0.05, 0.1) is 13.2 Å². The molecule has 0 saturated carbocycles. The van der Waals surface area contributed by atoms with E-state index in [9.17, 15) is 9.59 Å². The van der Waals surface area contributed by atoms with E-state index in [0.29, 0.717) is 0 Å². The molecule has 2 atom stereocenters. The highest BCUT2D eigenvalue weighted by Crippen LogP contribution is 1.89. The molecule has 0 rings (SSSR count). The van der Waals surface area contributed by atoms with Crippen molar-refractivity contribution < 1.29 is 24.5 Å². The Labute approximate surface area is 74.3 Å². The van der Waals surface area contributed by atoms with Crippen LogP contribution in [0.25, 0.3) is 0 Å². The molecule has 0 aromatic rings. The highest BCUT2D eigenvalue weighted by atomic mass is 16.6. The number of hydrogen-bond acceptors (Lipinski definition) is 7. The fourth-order valence-corrected chi connectivity index (χ4v) is 0.400. The monoisotopic (exact) mass is 192 g/mol. The summed E-state index contributed by atoms with van der Waals surface area (Å²) in [6, 6.07) is -2.54. The zero-order valence-corrected chi connectivity index (χ0v) is 6.84. The quantitative estimate of drug-likeness (QED) is 0.270. The van der Waals surface area contributed by atoms with Gasteiger partial charge in [0.1, 0.15) is 12.1 Å². The molecule has 7 nitrogen and oxygen atoms in total. The van der Waals surface area contributed by atoms with Gasteiger partial charge in [0, 0.05) is 0 Å². The topological polar surface area (TPSA) is 136 Å². The Kier molecular flexibility index (Phi) is 5.16. The number of aliphatic hydroxyl groups is 2. The van der Waals surface area contributed by atoms with Gasteiger partial charge < -0.3 is 26.4 Å². The van der Waals surface area contributed by atoms with Crippen LogP contribution in [0.4, 0.5) is 0 Å². The molecule has 0 aliphatic heterocycles. The molecule has 6 N–H and O–H groups in total. The average Bonchev–Trinajstić information content (AvgIpc) is 2.14. The summed E-state index contributed by atoms with van der Waals surface area (Å²) in [5.74, 6) is -2.15. The Hall–Kier alpha value is -1.02. The molecule has 0 bridgehead atoms. The van der Waals surface area contributed by atoms with Crippen LogP contribution in [0, 0.1) is 0 Å². The molecular formula is C6H12N2O5. The van der Waals surface area contributed by atoms with Crippen molar-refractivity contribution in [1.82, 2.24) is 0 Å². The van der Waals surface area contributed by atoms with Crippen LogP contribution < -0.4 is 11.5 Å². The van der Waals surface area contributed by atoms with Crippen molar-refractivity contribution in [2.24, 2.45) is 11.5 Å². The largest absolute Gasteiger partial charge is 0.394 e. The maximum absolute atomic E-state index is 10.7. The van der Waals surface area contributed by atoms with Gasteiger partial charge >= 0.3 is 11.9 Å². The molecule has 0 amide bonds. The second kappa shape index (κ2) is 5.60. The first kappa shape index (κ1) is 12.0. The lowest BCUT2D eigenvalue weighted by Gasteiger charge is -2.09. The fraction of sp³-hybridized carbons (Fsp3) is 0.667. The minimum Gasteiger partial charge on any atom is -0.394 e. The molecule has 0 spiro atoms. The van der Waals surface area contributed by atoms with E-state index >= 15 is 0 Å². The van der Waals surface area contributed by atoms with Crippen molar-refractivity contribution in [2.45, 2.75) is 12.1 Å². The molecule has 0 aromatic heterocycles. The second-order valence-corrected chi connectivity index (χ2v) is 2.32. The van der Waals surface area contributed by atoms with Gasteiger partial charge in [-0.2, -0.15) is 0 Å². The SMILES string of the molecule is N[C@H](CO)C(=O)OC(=O)[C@H](N)CO. The predicted molar refractivity (Wildman–Crippen MR) is 41.2 cm³/mol. The third-order valence-corrected chi connectivity index (χ3v) is 1.20. The molecule has 0 aliphatic carbocycles. The van der Waals surface area contributed by atoms with Crippen LogP contribution in [0.1, 0.15) is 0 Å². The van der Waals surface area contributed by atoms with Gasteiger partial charge in [-0.1, -0.05) is 0 Å². The zero-order chi connectivity index (χ0) is 10.4. The van der Waals surface area contributed by atoms with Gasteiger partial charge in [0.25, 0.3) is 0 Å². The summed E-state index contributed by atoms with van der Waals surface area (Å²) in [6.45, 7) is -1.25. The van der Waals surface area contributed by atoms with Crippen LogP contribution >= 0.6 is 0 Å². The lowest BCUT2D eigenvalue weighted by Crippen LogP contribution is -2.42. The lowest BCUT2D eigenvalue weighted by atomic mass is 10.3. The van der Waals surface area contributed by atoms with E-state index in [2.05, 4.69) is 4.74 Å². The van der Waals surface area contributed by atoms with Crippen LogP contribution in [-0.2, 0) is 14.3 Å². The first-order valence-electron chi connectivity index (χ1n) is 3.51. The van der Waals surface area contributed by atoms with Gasteiger partial charge in [0.15, 0.2) is 0 Å². The van der Waals surface area contributed by atoms with Gasteiger partial charge in [-0.15, -0.1) is 0 Å². The minimum atomic E-state index is -1.27. The summed E-state index contributed by atoms with van der Waals surface area (Å²) < 4.78 is 4.11. The van der Waals surface area contributed by atoms with E-state index in [0.717, 1.165) is 0 Å². The van der Waals surface area contributed by atoms with Gasteiger partial charge in [-0.25, -0.2) is 9.59 Å². The minimum absolute atomic E-state index is 0.625. The van der Waals surface area contributed by atoms with Crippen molar-refractivity contribution in [3.8, 4) is 0 Å². The molecule has 0 aromatic carbocycles. The normalized spacial score (nSPS) is 14.8. The molecule has 0 unspecified atom stereocenters. The Balaban J connectivity index is 3.99. The third-order valence-electron chi connectivity index (χ3n) is 1.20. The summed E-state index contributed by atoms with van der Waals surface area (Å²) in [7, 11) is 0. The molecule has 0 fully saturated rings. The molecular weight excluding hydrogens is 180 g/mol. The Morgan fingerprint density at radius 1 is 1.08 bits per heavy atom. The first-order chi connectivity index (χ1) is 6.02. The summed E-state index contributed by atoms with van der Waals surface area (Å²) >= 11 is 0. The number of esters is 2. The lowest BCUT2D eigenvalue weighted by molar-refractivity contribution is -0.162. The molecule has 0 radical (unpaired) electrons. The smallest absolute Gasteiger partial charge is 0.332 e. The van der Waals surface area contributed by atoms with Crippen molar-refractivity contribution in [1.29, 1.82) is 0 Å². The maximum atomic E-state index is 10.7. The van der Waals surface area contributed by atoms with E-state index in [1.54, 1.807) is 0 Å². The number of aliphatic hydroxyl groups excluding tert-OH is 2. The zero-order valence-electron chi connectivity index (χ0n) is 6.84. The molecule has 13 heavy (non-hydrogen) atoms. The van der Waals surface area contributed by atoms with Crippen LogP contribution in [-0.4, -0.2) is 47.4 Å². The second-order valence-electron chi connectivity index (χ2n) is 2.32. The standard InChI is InChI=1S/C6H12N2O5/c7-3(1-9)5(11)13-6(12)4(8)2-10/h3-4,9-10H,1-2,7-8H2/t3-,4-/m1/s1. The molecule has 0 saturated heterocycles.